The van der Waals surface area contributed by atoms with Crippen LogP contribution in [0.5, 0.6) is 0 Å². The minimum Gasteiger partial charge on any atom is -0.369 e. The molecular formula is C9H12N4. The molecule has 4 nitrogen and oxygen atoms in total. The average molecular weight is 176 g/mol. The number of anilines is 1. The van der Waals surface area contributed by atoms with Crippen LogP contribution in [-0.4, -0.2) is 14.5 Å². The van der Waals surface area contributed by atoms with E-state index in [9.17, 15) is 0 Å². The van der Waals surface area contributed by atoms with Crippen molar-refractivity contribution in [2.45, 2.75) is 19.9 Å². The van der Waals surface area contributed by atoms with Crippen molar-refractivity contribution >= 4 is 17.0 Å². The maximum Gasteiger partial charge on any atom is 0.201 e. The van der Waals surface area contributed by atoms with Gasteiger partial charge >= 0.3 is 0 Å². The summed E-state index contributed by atoms with van der Waals surface area (Å²) >= 11 is 0. The maximum absolute atomic E-state index is 5.76. The van der Waals surface area contributed by atoms with Crippen LogP contribution in [0, 0.1) is 0 Å². The smallest absolute Gasteiger partial charge is 0.201 e. The highest BCUT2D eigenvalue weighted by molar-refractivity contribution is 5.76. The Labute approximate surface area is 76.4 Å². The summed E-state index contributed by atoms with van der Waals surface area (Å²) in [5.74, 6) is 0.574. The number of nitrogens with two attached hydrogens (primary N) is 1. The highest BCUT2D eigenvalue weighted by Crippen LogP contribution is 2.16. The second-order valence-electron chi connectivity index (χ2n) is 2.99. The third-order valence-electron chi connectivity index (χ3n) is 2.03. The van der Waals surface area contributed by atoms with Gasteiger partial charge in [-0.15, -0.1) is 0 Å². The highest BCUT2D eigenvalue weighted by Gasteiger charge is 2.05. The Bertz CT molecular complexity index is 418. The SMILES string of the molecule is CCCn1c(N)nc2cnccc21. The van der Waals surface area contributed by atoms with Crippen LogP contribution in [0.2, 0.25) is 0 Å². The summed E-state index contributed by atoms with van der Waals surface area (Å²) in [5.41, 5.74) is 7.70. The summed E-state index contributed by atoms with van der Waals surface area (Å²) < 4.78 is 2.01. The summed E-state index contributed by atoms with van der Waals surface area (Å²) in [4.78, 5) is 8.21. The fourth-order valence-corrected chi connectivity index (χ4v) is 1.46. The Morgan fingerprint density at radius 2 is 2.38 bits per heavy atom. The Hall–Kier alpha value is -1.58. The number of aromatic nitrogens is 3. The van der Waals surface area contributed by atoms with Gasteiger partial charge in [-0.1, -0.05) is 6.92 Å². The summed E-state index contributed by atoms with van der Waals surface area (Å²) in [6, 6.07) is 1.94. The van der Waals surface area contributed by atoms with Crippen LogP contribution in [0.15, 0.2) is 18.5 Å². The minimum absolute atomic E-state index is 0.574. The lowest BCUT2D eigenvalue weighted by atomic mass is 10.4. The monoisotopic (exact) mass is 176 g/mol. The van der Waals surface area contributed by atoms with Gasteiger partial charge in [0, 0.05) is 12.7 Å². The molecule has 2 aromatic heterocycles. The van der Waals surface area contributed by atoms with Crippen LogP contribution in [0.25, 0.3) is 11.0 Å². The molecule has 0 radical (unpaired) electrons. The lowest BCUT2D eigenvalue weighted by Gasteiger charge is -2.02. The first kappa shape index (κ1) is 8.04. The first-order valence-electron chi connectivity index (χ1n) is 4.38. The third-order valence-corrected chi connectivity index (χ3v) is 2.03. The number of rotatable bonds is 2. The van der Waals surface area contributed by atoms with E-state index in [4.69, 9.17) is 5.73 Å². The van der Waals surface area contributed by atoms with Crippen molar-refractivity contribution in [3.05, 3.63) is 18.5 Å². The van der Waals surface area contributed by atoms with Gasteiger partial charge in [0.05, 0.1) is 11.7 Å². The van der Waals surface area contributed by atoms with Crippen molar-refractivity contribution in [2.75, 3.05) is 5.73 Å². The van der Waals surface area contributed by atoms with E-state index >= 15 is 0 Å². The maximum atomic E-state index is 5.76. The summed E-state index contributed by atoms with van der Waals surface area (Å²) in [7, 11) is 0. The van der Waals surface area contributed by atoms with E-state index in [-0.39, 0.29) is 0 Å². The molecule has 0 saturated heterocycles. The molecule has 0 aliphatic heterocycles. The van der Waals surface area contributed by atoms with Crippen LogP contribution in [0.3, 0.4) is 0 Å². The first-order valence-corrected chi connectivity index (χ1v) is 4.38. The van der Waals surface area contributed by atoms with Gasteiger partial charge in [-0.2, -0.15) is 0 Å². The molecule has 0 aromatic carbocycles. The number of nitrogens with zero attached hydrogens (tertiary/aromatic N) is 3. The van der Waals surface area contributed by atoms with Gasteiger partial charge in [0.25, 0.3) is 0 Å². The van der Waals surface area contributed by atoms with Crippen molar-refractivity contribution < 1.29 is 0 Å². The lowest BCUT2D eigenvalue weighted by Crippen LogP contribution is -2.02. The number of pyridine rings is 1. The van der Waals surface area contributed by atoms with Crippen molar-refractivity contribution in [1.29, 1.82) is 0 Å². The highest BCUT2D eigenvalue weighted by atomic mass is 15.1. The van der Waals surface area contributed by atoms with Crippen molar-refractivity contribution in [3.63, 3.8) is 0 Å². The second-order valence-corrected chi connectivity index (χ2v) is 2.99. The third kappa shape index (κ3) is 1.24. The van der Waals surface area contributed by atoms with Gasteiger partial charge in [0.1, 0.15) is 5.52 Å². The first-order chi connectivity index (χ1) is 6.33. The average Bonchev–Trinajstić information content (AvgIpc) is 2.44. The number of nitrogen functional groups attached to an aromatic ring is 1. The predicted octanol–water partition coefficient (Wildman–Crippen LogP) is 1.42. The molecule has 0 bridgehead atoms. The normalized spacial score (nSPS) is 10.8. The molecule has 0 aliphatic rings. The molecule has 68 valence electrons. The fourth-order valence-electron chi connectivity index (χ4n) is 1.46. The van der Waals surface area contributed by atoms with E-state index in [1.165, 1.54) is 0 Å². The van der Waals surface area contributed by atoms with Crippen molar-refractivity contribution in [2.24, 2.45) is 0 Å². The van der Waals surface area contributed by atoms with E-state index in [0.29, 0.717) is 5.95 Å². The van der Waals surface area contributed by atoms with Crippen LogP contribution in [-0.2, 0) is 6.54 Å². The van der Waals surface area contributed by atoms with E-state index in [1.807, 2.05) is 10.6 Å². The Balaban J connectivity index is 2.64. The molecule has 0 saturated carbocycles. The van der Waals surface area contributed by atoms with Gasteiger partial charge in [-0.3, -0.25) is 4.98 Å². The zero-order valence-corrected chi connectivity index (χ0v) is 7.57. The molecule has 0 unspecified atom stereocenters. The Morgan fingerprint density at radius 1 is 1.54 bits per heavy atom. The molecule has 2 rings (SSSR count). The van der Waals surface area contributed by atoms with Gasteiger partial charge in [0.15, 0.2) is 0 Å². The molecule has 0 amide bonds. The van der Waals surface area contributed by atoms with Crippen LogP contribution >= 0.6 is 0 Å². The Morgan fingerprint density at radius 3 is 3.15 bits per heavy atom. The van der Waals surface area contributed by atoms with Gasteiger partial charge in [0.2, 0.25) is 5.95 Å². The van der Waals surface area contributed by atoms with Gasteiger partial charge in [-0.05, 0) is 12.5 Å². The molecule has 2 heterocycles. The molecule has 0 atom stereocenters. The predicted molar refractivity (Wildman–Crippen MR) is 52.2 cm³/mol. The molecule has 4 heteroatoms. The Kier molecular flexibility index (Phi) is 1.88. The molecular weight excluding hydrogens is 164 g/mol. The zero-order chi connectivity index (χ0) is 9.26. The van der Waals surface area contributed by atoms with Crippen LogP contribution in [0.1, 0.15) is 13.3 Å². The number of hydrogen-bond donors (Lipinski definition) is 1. The molecule has 0 aliphatic carbocycles. The standard InChI is InChI=1S/C9H12N4/c1-2-5-13-8-3-4-11-6-7(8)12-9(13)10/h3-4,6H,2,5H2,1H3,(H2,10,12). The van der Waals surface area contributed by atoms with Crippen molar-refractivity contribution in [1.82, 2.24) is 14.5 Å². The van der Waals surface area contributed by atoms with E-state index < -0.39 is 0 Å². The summed E-state index contributed by atoms with van der Waals surface area (Å²) in [6.45, 7) is 3.03. The van der Waals surface area contributed by atoms with Gasteiger partial charge < -0.3 is 10.3 Å². The molecule has 0 spiro atoms. The minimum atomic E-state index is 0.574. The van der Waals surface area contributed by atoms with Crippen molar-refractivity contribution in [3.8, 4) is 0 Å². The molecule has 0 fully saturated rings. The summed E-state index contributed by atoms with van der Waals surface area (Å²) in [6.07, 6.45) is 4.55. The molecule has 2 N–H and O–H groups in total. The fraction of sp³-hybridized carbons (Fsp3) is 0.333. The lowest BCUT2D eigenvalue weighted by molar-refractivity contribution is 0.706. The number of aryl methyl sites for hydroxylation is 1. The number of imidazole rings is 1. The largest absolute Gasteiger partial charge is 0.369 e. The van der Waals surface area contributed by atoms with Crippen LogP contribution < -0.4 is 5.73 Å². The number of hydrogen-bond acceptors (Lipinski definition) is 3. The molecule has 2 aromatic rings. The van der Waals surface area contributed by atoms with E-state index in [2.05, 4.69) is 16.9 Å². The van der Waals surface area contributed by atoms with E-state index in [1.54, 1.807) is 12.4 Å². The van der Waals surface area contributed by atoms with E-state index in [0.717, 1.165) is 24.0 Å². The van der Waals surface area contributed by atoms with Gasteiger partial charge in [-0.25, -0.2) is 4.98 Å². The quantitative estimate of drug-likeness (QED) is 0.752. The zero-order valence-electron chi connectivity index (χ0n) is 7.57. The number of fused-ring (bicyclic) bond motifs is 1. The topological polar surface area (TPSA) is 56.7 Å². The molecule has 13 heavy (non-hydrogen) atoms. The second kappa shape index (κ2) is 3.05. The van der Waals surface area contributed by atoms with Crippen LogP contribution in [0.4, 0.5) is 5.95 Å². The summed E-state index contributed by atoms with van der Waals surface area (Å²) in [5, 5.41) is 0.